The molecule has 0 saturated heterocycles. The second-order valence-corrected chi connectivity index (χ2v) is 5.33. The Bertz CT molecular complexity index is 880. The normalized spacial score (nSPS) is 12.2. The van der Waals surface area contributed by atoms with Crippen molar-refractivity contribution < 1.29 is 13.9 Å². The molecular formula is C16H18FN5O2. The first-order chi connectivity index (χ1) is 11.5. The van der Waals surface area contributed by atoms with Crippen LogP contribution in [0.25, 0.3) is 5.65 Å². The Balaban J connectivity index is 1.90. The fourth-order valence-electron chi connectivity index (χ4n) is 2.47. The molecule has 7 nitrogen and oxygen atoms in total. The summed E-state index contributed by atoms with van der Waals surface area (Å²) in [6.45, 7) is 3.66. The van der Waals surface area contributed by atoms with Crippen molar-refractivity contribution in [3.8, 4) is 11.5 Å². The third kappa shape index (κ3) is 2.82. The van der Waals surface area contributed by atoms with E-state index >= 15 is 0 Å². The van der Waals surface area contributed by atoms with Crippen LogP contribution in [0.5, 0.6) is 11.5 Å². The average molecular weight is 331 g/mol. The average Bonchev–Trinajstić information content (AvgIpc) is 2.95. The van der Waals surface area contributed by atoms with E-state index in [0.717, 1.165) is 0 Å². The molecule has 0 amide bonds. The molecule has 0 radical (unpaired) electrons. The Labute approximate surface area is 138 Å². The molecule has 126 valence electrons. The van der Waals surface area contributed by atoms with Gasteiger partial charge in [0.25, 0.3) is 0 Å². The van der Waals surface area contributed by atoms with Crippen LogP contribution >= 0.6 is 0 Å². The third-order valence-electron chi connectivity index (χ3n) is 3.75. The first-order valence-corrected chi connectivity index (χ1v) is 7.40. The maximum Gasteiger partial charge on any atom is 0.178 e. The van der Waals surface area contributed by atoms with E-state index in [-0.39, 0.29) is 11.9 Å². The number of fused-ring (bicyclic) bond motifs is 1. The minimum absolute atomic E-state index is 0.327. The highest BCUT2D eigenvalue weighted by atomic mass is 19.1. The second kappa shape index (κ2) is 6.31. The monoisotopic (exact) mass is 331 g/mol. The summed E-state index contributed by atoms with van der Waals surface area (Å²) in [6.07, 6.45) is 0. The number of rotatable bonds is 5. The van der Waals surface area contributed by atoms with Gasteiger partial charge < -0.3 is 14.8 Å². The fraction of sp³-hybridized carbons (Fsp3) is 0.312. The van der Waals surface area contributed by atoms with Gasteiger partial charge in [0.1, 0.15) is 11.6 Å². The molecule has 1 atom stereocenters. The Morgan fingerprint density at radius 2 is 1.83 bits per heavy atom. The number of nitrogens with zero attached hydrogens (tertiary/aromatic N) is 4. The lowest BCUT2D eigenvalue weighted by Crippen LogP contribution is -2.11. The lowest BCUT2D eigenvalue weighted by Gasteiger charge is -2.18. The standard InChI is InChI=1S/C16H18FN5O2/c1-9(11-7-13(23-3)14(24-4)8-12(11)17)18-15-5-6-16-20-19-10(2)22(16)21-15/h5-9H,1-4H3,(H,18,21)/t9-/m1/s1. The summed E-state index contributed by atoms with van der Waals surface area (Å²) in [7, 11) is 2.99. The number of benzene rings is 1. The molecule has 2 heterocycles. The Morgan fingerprint density at radius 1 is 1.12 bits per heavy atom. The molecule has 3 aromatic rings. The van der Waals surface area contributed by atoms with E-state index in [1.54, 1.807) is 22.7 Å². The van der Waals surface area contributed by atoms with Gasteiger partial charge in [-0.1, -0.05) is 0 Å². The van der Waals surface area contributed by atoms with Crippen molar-refractivity contribution in [2.45, 2.75) is 19.9 Å². The van der Waals surface area contributed by atoms with E-state index in [1.165, 1.54) is 20.3 Å². The number of ether oxygens (including phenoxy) is 2. The molecule has 0 unspecified atom stereocenters. The van der Waals surface area contributed by atoms with Crippen LogP contribution in [0.3, 0.4) is 0 Å². The molecule has 1 aromatic carbocycles. The number of anilines is 1. The van der Waals surface area contributed by atoms with Crippen molar-refractivity contribution in [3.05, 3.63) is 41.5 Å². The van der Waals surface area contributed by atoms with Gasteiger partial charge in [0.2, 0.25) is 0 Å². The van der Waals surface area contributed by atoms with Gasteiger partial charge in [0, 0.05) is 11.6 Å². The maximum atomic E-state index is 14.4. The van der Waals surface area contributed by atoms with Gasteiger partial charge in [-0.05, 0) is 32.0 Å². The number of hydrogen-bond acceptors (Lipinski definition) is 6. The summed E-state index contributed by atoms with van der Waals surface area (Å²) in [5.74, 6) is 1.71. The van der Waals surface area contributed by atoms with Crippen LogP contribution in [0, 0.1) is 12.7 Å². The lowest BCUT2D eigenvalue weighted by atomic mass is 10.1. The SMILES string of the molecule is COc1cc(F)c([C@@H](C)Nc2ccc3nnc(C)n3n2)cc1OC. The van der Waals surface area contributed by atoms with Crippen LogP contribution in [0.15, 0.2) is 24.3 Å². The molecule has 24 heavy (non-hydrogen) atoms. The summed E-state index contributed by atoms with van der Waals surface area (Å²) in [6, 6.07) is 6.18. The molecule has 0 bridgehead atoms. The highest BCUT2D eigenvalue weighted by molar-refractivity contribution is 5.48. The molecule has 1 N–H and O–H groups in total. The summed E-state index contributed by atoms with van der Waals surface area (Å²) in [5, 5.41) is 15.5. The Hall–Kier alpha value is -2.90. The summed E-state index contributed by atoms with van der Waals surface area (Å²) < 4.78 is 26.3. The molecule has 0 aliphatic rings. The number of aryl methyl sites for hydroxylation is 1. The number of hydrogen-bond donors (Lipinski definition) is 1. The van der Waals surface area contributed by atoms with E-state index in [1.807, 2.05) is 13.8 Å². The van der Waals surface area contributed by atoms with E-state index in [4.69, 9.17) is 9.47 Å². The molecule has 8 heteroatoms. The molecule has 0 aliphatic heterocycles. The number of halogens is 1. The summed E-state index contributed by atoms with van der Waals surface area (Å²) >= 11 is 0. The topological polar surface area (TPSA) is 73.6 Å². The zero-order chi connectivity index (χ0) is 17.3. The van der Waals surface area contributed by atoms with Gasteiger partial charge in [-0.15, -0.1) is 15.3 Å². The zero-order valence-electron chi connectivity index (χ0n) is 13.9. The van der Waals surface area contributed by atoms with Gasteiger partial charge in [-0.2, -0.15) is 4.52 Å². The highest BCUT2D eigenvalue weighted by Gasteiger charge is 2.17. The molecule has 2 aromatic heterocycles. The molecular weight excluding hydrogens is 313 g/mol. The van der Waals surface area contributed by atoms with E-state index < -0.39 is 0 Å². The lowest BCUT2D eigenvalue weighted by molar-refractivity contribution is 0.351. The van der Waals surface area contributed by atoms with Gasteiger partial charge in [0.05, 0.1) is 20.3 Å². The quantitative estimate of drug-likeness (QED) is 0.775. The number of methoxy groups -OCH3 is 2. The van der Waals surface area contributed by atoms with Gasteiger partial charge in [-0.25, -0.2) is 4.39 Å². The predicted octanol–water partition coefficient (Wildman–Crippen LogP) is 2.76. The van der Waals surface area contributed by atoms with Crippen LogP contribution in [0.2, 0.25) is 0 Å². The predicted molar refractivity (Wildman–Crippen MR) is 87.1 cm³/mol. The fourth-order valence-corrected chi connectivity index (χ4v) is 2.47. The van der Waals surface area contributed by atoms with Crippen LogP contribution < -0.4 is 14.8 Å². The van der Waals surface area contributed by atoms with Crippen molar-refractivity contribution >= 4 is 11.5 Å². The van der Waals surface area contributed by atoms with Crippen LogP contribution in [-0.4, -0.2) is 34.0 Å². The van der Waals surface area contributed by atoms with Crippen molar-refractivity contribution in [1.82, 2.24) is 19.8 Å². The van der Waals surface area contributed by atoms with E-state index in [0.29, 0.717) is 34.4 Å². The Morgan fingerprint density at radius 3 is 2.54 bits per heavy atom. The van der Waals surface area contributed by atoms with Crippen molar-refractivity contribution in [2.75, 3.05) is 19.5 Å². The molecule has 0 aliphatic carbocycles. The maximum absolute atomic E-state index is 14.4. The highest BCUT2D eigenvalue weighted by Crippen LogP contribution is 2.33. The van der Waals surface area contributed by atoms with Gasteiger partial charge in [-0.3, -0.25) is 0 Å². The smallest absolute Gasteiger partial charge is 0.178 e. The van der Waals surface area contributed by atoms with Gasteiger partial charge >= 0.3 is 0 Å². The molecule has 0 fully saturated rings. The van der Waals surface area contributed by atoms with Gasteiger partial charge in [0.15, 0.2) is 23.0 Å². The zero-order valence-corrected chi connectivity index (χ0v) is 13.9. The minimum Gasteiger partial charge on any atom is -0.493 e. The van der Waals surface area contributed by atoms with Crippen LogP contribution in [0.1, 0.15) is 24.4 Å². The van der Waals surface area contributed by atoms with Crippen LogP contribution in [0.4, 0.5) is 10.2 Å². The number of nitrogens with one attached hydrogen (secondary N) is 1. The summed E-state index contributed by atoms with van der Waals surface area (Å²) in [5.41, 5.74) is 1.11. The minimum atomic E-state index is -0.380. The summed E-state index contributed by atoms with van der Waals surface area (Å²) in [4.78, 5) is 0. The van der Waals surface area contributed by atoms with Crippen molar-refractivity contribution in [1.29, 1.82) is 0 Å². The third-order valence-corrected chi connectivity index (χ3v) is 3.75. The number of aromatic nitrogens is 4. The molecule has 0 spiro atoms. The second-order valence-electron chi connectivity index (χ2n) is 5.33. The van der Waals surface area contributed by atoms with E-state index in [9.17, 15) is 4.39 Å². The first-order valence-electron chi connectivity index (χ1n) is 7.40. The first kappa shape index (κ1) is 16.0. The Kier molecular flexibility index (Phi) is 4.20. The van der Waals surface area contributed by atoms with Crippen LogP contribution in [-0.2, 0) is 0 Å². The van der Waals surface area contributed by atoms with Crippen molar-refractivity contribution in [2.24, 2.45) is 0 Å². The van der Waals surface area contributed by atoms with Crippen molar-refractivity contribution in [3.63, 3.8) is 0 Å². The largest absolute Gasteiger partial charge is 0.493 e. The molecule has 3 rings (SSSR count). The molecule has 0 saturated carbocycles. The van der Waals surface area contributed by atoms with E-state index in [2.05, 4.69) is 20.6 Å².